The Balaban J connectivity index is 1.33. The van der Waals surface area contributed by atoms with Crippen molar-refractivity contribution in [1.29, 1.82) is 0 Å². The summed E-state index contributed by atoms with van der Waals surface area (Å²) < 4.78 is 5.71. The maximum absolute atomic E-state index is 12.3. The molecular weight excluding hydrogens is 434 g/mol. The minimum absolute atomic E-state index is 0.410. The Morgan fingerprint density at radius 1 is 1.03 bits per heavy atom. The van der Waals surface area contributed by atoms with Crippen LogP contribution in [0.4, 0.5) is 21.9 Å². The lowest BCUT2D eigenvalue weighted by Gasteiger charge is -2.31. The molecule has 0 saturated heterocycles. The van der Waals surface area contributed by atoms with Gasteiger partial charge in [-0.15, -0.1) is 0 Å². The second-order valence-corrected chi connectivity index (χ2v) is 8.79. The third-order valence-electron chi connectivity index (χ3n) is 4.95. The number of anilines is 3. The number of carbonyl (C=O) groups excluding carboxylic acids is 1. The first-order chi connectivity index (χ1) is 16.1. The summed E-state index contributed by atoms with van der Waals surface area (Å²) in [6.07, 6.45) is 1.70. The van der Waals surface area contributed by atoms with Crippen molar-refractivity contribution in [3.63, 3.8) is 0 Å². The monoisotopic (exact) mass is 461 g/mol. The molecule has 1 aliphatic heterocycles. The Morgan fingerprint density at radius 3 is 2.42 bits per heavy atom. The highest BCUT2D eigenvalue weighted by atomic mass is 32.2. The normalized spacial score (nSPS) is 12.4. The highest BCUT2D eigenvalue weighted by Gasteiger charge is 2.21. The number of hydrogen-bond acceptors (Lipinski definition) is 6. The van der Waals surface area contributed by atoms with Crippen molar-refractivity contribution >= 4 is 41.1 Å². The Hall–Kier alpha value is -3.49. The van der Waals surface area contributed by atoms with Crippen LogP contribution in [-0.2, 0) is 0 Å². The number of hydrazone groups is 1. The first-order valence-electron chi connectivity index (χ1n) is 10.7. The van der Waals surface area contributed by atoms with Crippen LogP contribution < -0.4 is 20.4 Å². The molecule has 1 aliphatic rings. The number of urea groups is 1. The van der Waals surface area contributed by atoms with Crippen molar-refractivity contribution in [2.45, 2.75) is 9.79 Å². The van der Waals surface area contributed by atoms with Crippen LogP contribution in [0, 0.1) is 0 Å². The third kappa shape index (κ3) is 6.06. The summed E-state index contributed by atoms with van der Waals surface area (Å²) in [5, 5.41) is 6.91. The number of carbonyl (C=O) groups is 1. The zero-order chi connectivity index (χ0) is 23.0. The Morgan fingerprint density at radius 2 is 1.73 bits per heavy atom. The van der Waals surface area contributed by atoms with Crippen LogP contribution in [0.1, 0.15) is 0 Å². The molecule has 8 heteroatoms. The van der Waals surface area contributed by atoms with Crippen LogP contribution in [0.25, 0.3) is 0 Å². The summed E-state index contributed by atoms with van der Waals surface area (Å²) in [4.78, 5) is 18.9. The van der Waals surface area contributed by atoms with Crippen LogP contribution in [0.2, 0.25) is 0 Å². The van der Waals surface area contributed by atoms with Gasteiger partial charge in [0, 0.05) is 34.3 Å². The van der Waals surface area contributed by atoms with E-state index in [9.17, 15) is 4.79 Å². The summed E-state index contributed by atoms with van der Waals surface area (Å²) >= 11 is 1.76. The zero-order valence-corrected chi connectivity index (χ0v) is 19.5. The van der Waals surface area contributed by atoms with Crippen molar-refractivity contribution in [3.8, 4) is 5.75 Å². The molecule has 3 aromatic rings. The lowest BCUT2D eigenvalue weighted by molar-refractivity contribution is 0.252. The van der Waals surface area contributed by atoms with Crippen molar-refractivity contribution in [1.82, 2.24) is 10.3 Å². The maximum atomic E-state index is 12.3. The summed E-state index contributed by atoms with van der Waals surface area (Å²) in [7, 11) is 3.99. The lowest BCUT2D eigenvalue weighted by Crippen LogP contribution is -2.26. The highest BCUT2D eigenvalue weighted by molar-refractivity contribution is 7.99. The van der Waals surface area contributed by atoms with Gasteiger partial charge in [0.1, 0.15) is 12.4 Å². The van der Waals surface area contributed by atoms with E-state index < -0.39 is 6.03 Å². The molecule has 0 radical (unpaired) electrons. The molecule has 33 heavy (non-hydrogen) atoms. The molecule has 1 heterocycles. The van der Waals surface area contributed by atoms with E-state index in [-0.39, 0.29) is 0 Å². The fourth-order valence-corrected chi connectivity index (χ4v) is 4.47. The van der Waals surface area contributed by atoms with E-state index in [2.05, 4.69) is 45.0 Å². The first-order valence-corrected chi connectivity index (χ1v) is 11.5. The first kappa shape index (κ1) is 22.7. The fourth-order valence-electron chi connectivity index (χ4n) is 3.37. The number of ether oxygens (including phenoxy) is 1. The molecule has 7 nitrogen and oxygen atoms in total. The van der Waals surface area contributed by atoms with Gasteiger partial charge in [0.05, 0.1) is 17.9 Å². The van der Waals surface area contributed by atoms with E-state index in [1.54, 1.807) is 30.1 Å². The summed E-state index contributed by atoms with van der Waals surface area (Å²) in [5.41, 5.74) is 5.43. The predicted octanol–water partition coefficient (Wildman–Crippen LogP) is 5.04. The number of nitrogens with one attached hydrogen (secondary N) is 2. The quantitative estimate of drug-likeness (QED) is 0.363. The number of nitrogens with zero attached hydrogens (tertiary/aromatic N) is 3. The van der Waals surface area contributed by atoms with E-state index in [0.717, 1.165) is 17.9 Å². The Bertz CT molecular complexity index is 1090. The van der Waals surface area contributed by atoms with Gasteiger partial charge in [0.15, 0.2) is 0 Å². The topological polar surface area (TPSA) is 69.2 Å². The number of hydrogen-bond donors (Lipinski definition) is 2. The van der Waals surface area contributed by atoms with Crippen LogP contribution in [0.15, 0.2) is 87.7 Å². The molecule has 3 aromatic carbocycles. The second-order valence-electron chi connectivity index (χ2n) is 7.71. The zero-order valence-electron chi connectivity index (χ0n) is 18.7. The van der Waals surface area contributed by atoms with Gasteiger partial charge >= 0.3 is 6.03 Å². The SMILES string of the molecule is CN(C)CCOc1cccc(NC(=O)N/N=C/CN2c3ccccc3Sc3ccccc32)c1. The molecule has 0 unspecified atom stereocenters. The average molecular weight is 462 g/mol. The molecule has 0 aliphatic carbocycles. The Kier molecular flexibility index (Phi) is 7.49. The van der Waals surface area contributed by atoms with Gasteiger partial charge in [0.25, 0.3) is 0 Å². The molecule has 0 fully saturated rings. The van der Waals surface area contributed by atoms with Gasteiger partial charge in [0.2, 0.25) is 0 Å². The molecule has 0 spiro atoms. The highest BCUT2D eigenvalue weighted by Crippen LogP contribution is 2.47. The van der Waals surface area contributed by atoms with Gasteiger partial charge in [-0.2, -0.15) is 5.10 Å². The largest absolute Gasteiger partial charge is 0.492 e. The molecule has 0 bridgehead atoms. The third-order valence-corrected chi connectivity index (χ3v) is 6.08. The van der Waals surface area contributed by atoms with E-state index >= 15 is 0 Å². The molecular formula is C25H27N5O2S. The predicted molar refractivity (Wildman–Crippen MR) is 135 cm³/mol. The molecule has 0 atom stereocenters. The van der Waals surface area contributed by atoms with Crippen molar-refractivity contribution in [3.05, 3.63) is 72.8 Å². The van der Waals surface area contributed by atoms with Crippen LogP contribution >= 0.6 is 11.8 Å². The smallest absolute Gasteiger partial charge is 0.339 e. The van der Waals surface area contributed by atoms with Gasteiger partial charge < -0.3 is 19.9 Å². The average Bonchev–Trinajstić information content (AvgIpc) is 2.81. The van der Waals surface area contributed by atoms with Gasteiger partial charge in [-0.1, -0.05) is 42.1 Å². The Labute approximate surface area is 198 Å². The second kappa shape index (κ2) is 10.9. The van der Waals surface area contributed by atoms with Crippen LogP contribution in [0.3, 0.4) is 0 Å². The molecule has 0 saturated carbocycles. The number of rotatable bonds is 8. The van der Waals surface area contributed by atoms with Gasteiger partial charge in [-0.25, -0.2) is 10.2 Å². The standard InChI is InChI=1S/C25H27N5O2S/c1-29(2)16-17-32-20-9-7-8-19(18-20)27-25(31)28-26-14-15-30-21-10-3-5-12-23(21)33-24-13-6-4-11-22(24)30/h3-14,18H,15-17H2,1-2H3,(H2,27,28,31)/b26-14+. The van der Waals surface area contributed by atoms with Gasteiger partial charge in [-0.05, 0) is 50.5 Å². The fraction of sp³-hybridized carbons (Fsp3) is 0.200. The van der Waals surface area contributed by atoms with Gasteiger partial charge in [-0.3, -0.25) is 0 Å². The molecule has 2 amide bonds. The molecule has 4 rings (SSSR count). The maximum Gasteiger partial charge on any atom is 0.339 e. The number of amides is 2. The van der Waals surface area contributed by atoms with E-state index in [0.29, 0.717) is 24.6 Å². The summed E-state index contributed by atoms with van der Waals surface area (Å²) in [6, 6.07) is 23.5. The minimum Gasteiger partial charge on any atom is -0.492 e. The molecule has 2 N–H and O–H groups in total. The minimum atomic E-state index is -0.410. The van der Waals surface area contributed by atoms with Crippen LogP contribution in [0.5, 0.6) is 5.75 Å². The van der Waals surface area contributed by atoms with Crippen LogP contribution in [-0.4, -0.2) is 50.9 Å². The summed E-state index contributed by atoms with van der Waals surface area (Å²) in [6.45, 7) is 1.93. The molecule has 170 valence electrons. The number of benzene rings is 3. The lowest BCUT2D eigenvalue weighted by atomic mass is 10.2. The number of fused-ring (bicyclic) bond motifs is 2. The van der Waals surface area contributed by atoms with Crippen molar-refractivity contribution in [2.24, 2.45) is 5.10 Å². The van der Waals surface area contributed by atoms with Crippen molar-refractivity contribution in [2.75, 3.05) is 44.0 Å². The number of para-hydroxylation sites is 2. The number of likely N-dealkylation sites (N-methyl/N-ethyl adjacent to an activating group) is 1. The van der Waals surface area contributed by atoms with E-state index in [1.807, 2.05) is 55.4 Å². The van der Waals surface area contributed by atoms with E-state index in [1.165, 1.54) is 9.79 Å². The van der Waals surface area contributed by atoms with Crippen molar-refractivity contribution < 1.29 is 9.53 Å². The summed E-state index contributed by atoms with van der Waals surface area (Å²) in [5.74, 6) is 0.707. The molecule has 0 aromatic heterocycles. The van der Waals surface area contributed by atoms with E-state index in [4.69, 9.17) is 4.74 Å².